The smallest absolute Gasteiger partial charge is 0.254 e. The summed E-state index contributed by atoms with van der Waals surface area (Å²) in [5.41, 5.74) is 2.77. The summed E-state index contributed by atoms with van der Waals surface area (Å²) in [7, 11) is 1.83. The van der Waals surface area contributed by atoms with E-state index in [0.29, 0.717) is 24.2 Å². The van der Waals surface area contributed by atoms with Crippen LogP contribution in [0.15, 0.2) is 42.5 Å². The lowest BCUT2D eigenvalue weighted by Gasteiger charge is -2.32. The molecule has 3 heterocycles. The van der Waals surface area contributed by atoms with Gasteiger partial charge in [-0.1, -0.05) is 30.3 Å². The van der Waals surface area contributed by atoms with Crippen molar-refractivity contribution in [2.45, 2.75) is 45.4 Å². The van der Waals surface area contributed by atoms with Crippen LogP contribution in [0.5, 0.6) is 5.75 Å². The Bertz CT molecular complexity index is 1060. The summed E-state index contributed by atoms with van der Waals surface area (Å²) in [5, 5.41) is 0. The van der Waals surface area contributed by atoms with Gasteiger partial charge in [-0.05, 0) is 44.0 Å². The third-order valence-corrected chi connectivity index (χ3v) is 6.96. The maximum absolute atomic E-state index is 13.5. The Morgan fingerprint density at radius 1 is 1.07 bits per heavy atom. The van der Waals surface area contributed by atoms with Crippen LogP contribution < -0.4 is 4.74 Å². The van der Waals surface area contributed by atoms with E-state index in [1.54, 1.807) is 17.0 Å². The van der Waals surface area contributed by atoms with Crippen LogP contribution in [-0.2, 0) is 13.0 Å². The van der Waals surface area contributed by atoms with Crippen molar-refractivity contribution in [2.75, 3.05) is 20.1 Å². The highest BCUT2D eigenvalue weighted by Crippen LogP contribution is 2.41. The average molecular weight is 405 g/mol. The summed E-state index contributed by atoms with van der Waals surface area (Å²) in [4.78, 5) is 30.7. The van der Waals surface area contributed by atoms with Gasteiger partial charge in [0.2, 0.25) is 0 Å². The number of ketones is 1. The Hall–Kier alpha value is -2.66. The quantitative estimate of drug-likeness (QED) is 0.768. The van der Waals surface area contributed by atoms with Crippen molar-refractivity contribution < 1.29 is 14.3 Å². The van der Waals surface area contributed by atoms with E-state index < -0.39 is 5.41 Å². The van der Waals surface area contributed by atoms with Crippen molar-refractivity contribution in [3.8, 4) is 5.75 Å². The molecule has 2 aromatic rings. The third-order valence-electron chi connectivity index (χ3n) is 6.96. The fraction of sp³-hybridized carbons (Fsp3) is 0.440. The average Bonchev–Trinajstić information content (AvgIpc) is 3.19. The molecule has 5 heteroatoms. The third kappa shape index (κ3) is 2.87. The van der Waals surface area contributed by atoms with Crippen LogP contribution >= 0.6 is 0 Å². The zero-order valence-electron chi connectivity index (χ0n) is 18.1. The number of likely N-dealkylation sites (tertiary alicyclic amines) is 1. The van der Waals surface area contributed by atoms with Crippen molar-refractivity contribution in [1.82, 2.24) is 9.80 Å². The molecule has 5 rings (SSSR count). The molecule has 1 fully saturated rings. The largest absolute Gasteiger partial charge is 0.487 e. The normalized spacial score (nSPS) is 27.3. The first-order valence-electron chi connectivity index (χ1n) is 10.6. The number of ether oxygens (including phenoxy) is 1. The molecular weight excluding hydrogens is 376 g/mol. The molecule has 3 aliphatic heterocycles. The Kier molecular flexibility index (Phi) is 4.13. The van der Waals surface area contributed by atoms with E-state index in [9.17, 15) is 9.59 Å². The molecule has 2 aromatic carbocycles. The highest BCUT2D eigenvalue weighted by Gasteiger charge is 2.53. The van der Waals surface area contributed by atoms with Crippen LogP contribution in [0.3, 0.4) is 0 Å². The first kappa shape index (κ1) is 19.3. The summed E-state index contributed by atoms with van der Waals surface area (Å²) in [6.45, 7) is 8.33. The molecule has 0 spiro atoms. The van der Waals surface area contributed by atoms with Gasteiger partial charge >= 0.3 is 0 Å². The number of Topliss-reactive ketones (excluding diaryl/α,β-unsaturated/α-hetero) is 1. The van der Waals surface area contributed by atoms with E-state index >= 15 is 0 Å². The number of carbonyl (C=O) groups is 2. The first-order valence-corrected chi connectivity index (χ1v) is 10.6. The number of amides is 1. The zero-order valence-corrected chi connectivity index (χ0v) is 18.1. The Balaban J connectivity index is 1.42. The summed E-state index contributed by atoms with van der Waals surface area (Å²) in [6.07, 6.45) is 0.906. The minimum absolute atomic E-state index is 0.0635. The maximum atomic E-state index is 13.5. The SMILES string of the molecule is CN1C(=O)c2ccccc2C(=O)[C@@]2(C)CN(Cc3ccc4c(c3)CC(C)(C)O4)C[C@@H]12. The summed E-state index contributed by atoms with van der Waals surface area (Å²) >= 11 is 0. The van der Waals surface area contributed by atoms with Crippen LogP contribution in [0.2, 0.25) is 0 Å². The number of hydrogen-bond acceptors (Lipinski definition) is 4. The van der Waals surface area contributed by atoms with E-state index in [2.05, 4.69) is 36.9 Å². The van der Waals surface area contributed by atoms with Gasteiger partial charge in [0.1, 0.15) is 11.4 Å². The van der Waals surface area contributed by atoms with Gasteiger partial charge in [0.25, 0.3) is 5.91 Å². The number of rotatable bonds is 2. The second kappa shape index (κ2) is 6.42. The molecule has 3 aliphatic rings. The minimum Gasteiger partial charge on any atom is -0.487 e. The fourth-order valence-electron chi connectivity index (χ4n) is 5.50. The van der Waals surface area contributed by atoms with E-state index in [1.165, 1.54) is 11.1 Å². The lowest BCUT2D eigenvalue weighted by atomic mass is 9.78. The number of fused-ring (bicyclic) bond motifs is 3. The number of carbonyl (C=O) groups excluding carboxylic acids is 2. The van der Waals surface area contributed by atoms with Crippen molar-refractivity contribution in [2.24, 2.45) is 5.41 Å². The van der Waals surface area contributed by atoms with Crippen molar-refractivity contribution >= 4 is 11.7 Å². The molecule has 2 atom stereocenters. The zero-order chi connectivity index (χ0) is 21.3. The van der Waals surface area contributed by atoms with Crippen molar-refractivity contribution in [1.29, 1.82) is 0 Å². The molecule has 0 N–H and O–H groups in total. The van der Waals surface area contributed by atoms with Gasteiger partial charge in [0.15, 0.2) is 5.78 Å². The lowest BCUT2D eigenvalue weighted by Crippen LogP contribution is -2.47. The van der Waals surface area contributed by atoms with E-state index in [-0.39, 0.29) is 23.3 Å². The van der Waals surface area contributed by atoms with Gasteiger partial charge < -0.3 is 9.64 Å². The number of benzene rings is 2. The van der Waals surface area contributed by atoms with Crippen molar-refractivity contribution in [3.63, 3.8) is 0 Å². The minimum atomic E-state index is -0.612. The first-order chi connectivity index (χ1) is 14.2. The molecular formula is C25H28N2O3. The van der Waals surface area contributed by atoms with E-state index in [4.69, 9.17) is 4.74 Å². The van der Waals surface area contributed by atoms with Gasteiger partial charge in [-0.2, -0.15) is 0 Å². The Labute approximate surface area is 177 Å². The molecule has 0 bridgehead atoms. The monoisotopic (exact) mass is 404 g/mol. The molecule has 30 heavy (non-hydrogen) atoms. The van der Waals surface area contributed by atoms with Crippen molar-refractivity contribution in [3.05, 3.63) is 64.7 Å². The predicted molar refractivity (Wildman–Crippen MR) is 115 cm³/mol. The summed E-state index contributed by atoms with van der Waals surface area (Å²) in [5.74, 6) is 0.984. The van der Waals surface area contributed by atoms with Crippen LogP contribution in [0.4, 0.5) is 0 Å². The maximum Gasteiger partial charge on any atom is 0.254 e. The lowest BCUT2D eigenvalue weighted by molar-refractivity contribution is 0.0606. The highest BCUT2D eigenvalue weighted by atomic mass is 16.5. The van der Waals surface area contributed by atoms with E-state index in [0.717, 1.165) is 18.7 Å². The molecule has 0 aromatic heterocycles. The van der Waals surface area contributed by atoms with E-state index in [1.807, 2.05) is 26.1 Å². The highest BCUT2D eigenvalue weighted by molar-refractivity contribution is 6.12. The molecule has 0 saturated carbocycles. The molecule has 5 nitrogen and oxygen atoms in total. The second-order valence-corrected chi connectivity index (χ2v) is 9.87. The van der Waals surface area contributed by atoms with Gasteiger partial charge in [0, 0.05) is 38.7 Å². The van der Waals surface area contributed by atoms with Gasteiger partial charge in [-0.3, -0.25) is 14.5 Å². The standard InChI is InChI=1S/C25H28N2O3/c1-24(2)12-17-11-16(9-10-20(17)30-24)13-27-14-21-25(3,15-27)22(28)18-7-5-6-8-19(18)23(29)26(21)4/h5-11,21H,12-15H2,1-4H3/t21-,25+/m1/s1. The van der Waals surface area contributed by atoms with Gasteiger partial charge in [0.05, 0.1) is 17.0 Å². The molecule has 1 saturated heterocycles. The second-order valence-electron chi connectivity index (χ2n) is 9.87. The van der Waals surface area contributed by atoms with Crippen LogP contribution in [0, 0.1) is 5.41 Å². The predicted octanol–water partition coefficient (Wildman–Crippen LogP) is 3.56. The number of likely N-dealkylation sites (N-methyl/N-ethyl adjacent to an activating group) is 1. The molecule has 1 amide bonds. The summed E-state index contributed by atoms with van der Waals surface area (Å²) in [6, 6.07) is 13.5. The van der Waals surface area contributed by atoms with Gasteiger partial charge in [-0.15, -0.1) is 0 Å². The number of hydrogen-bond donors (Lipinski definition) is 0. The van der Waals surface area contributed by atoms with Crippen LogP contribution in [0.25, 0.3) is 0 Å². The van der Waals surface area contributed by atoms with Crippen LogP contribution in [0.1, 0.15) is 52.6 Å². The van der Waals surface area contributed by atoms with Gasteiger partial charge in [-0.25, -0.2) is 0 Å². The Morgan fingerprint density at radius 3 is 2.57 bits per heavy atom. The van der Waals surface area contributed by atoms with Crippen LogP contribution in [-0.4, -0.2) is 53.3 Å². The summed E-state index contributed by atoms with van der Waals surface area (Å²) < 4.78 is 6.00. The molecule has 0 radical (unpaired) electrons. The molecule has 0 unspecified atom stereocenters. The fourth-order valence-corrected chi connectivity index (χ4v) is 5.50. The topological polar surface area (TPSA) is 49.9 Å². The Morgan fingerprint density at radius 2 is 1.80 bits per heavy atom. The molecule has 156 valence electrons. The molecule has 0 aliphatic carbocycles. The number of nitrogens with zero attached hydrogens (tertiary/aromatic N) is 2.